The van der Waals surface area contributed by atoms with Gasteiger partial charge in [-0.25, -0.2) is 0 Å². The van der Waals surface area contributed by atoms with Gasteiger partial charge in [0.2, 0.25) is 0 Å². The van der Waals surface area contributed by atoms with Crippen molar-refractivity contribution in [1.29, 1.82) is 0 Å². The second kappa shape index (κ2) is 12.3. The zero-order chi connectivity index (χ0) is 13.6. The van der Waals surface area contributed by atoms with Crippen LogP contribution in [0.4, 0.5) is 0 Å². The minimum atomic E-state index is -0.437. The van der Waals surface area contributed by atoms with E-state index in [9.17, 15) is 0 Å². The topological polar surface area (TPSA) is 12.0 Å². The molecule has 0 aliphatic heterocycles. The Morgan fingerprint density at radius 1 is 0.833 bits per heavy atom. The minimum absolute atomic E-state index is 0. The third-order valence-corrected chi connectivity index (χ3v) is 8.86. The van der Waals surface area contributed by atoms with Crippen molar-refractivity contribution >= 4 is 109 Å². The summed E-state index contributed by atoms with van der Waals surface area (Å²) >= 11 is 35.3. The van der Waals surface area contributed by atoms with Crippen LogP contribution in [-0.4, -0.2) is 71.2 Å². The van der Waals surface area contributed by atoms with Crippen LogP contribution in [0.3, 0.4) is 0 Å². The van der Waals surface area contributed by atoms with E-state index in [1.165, 1.54) is 16.4 Å². The molecule has 0 aromatic heterocycles. The summed E-state index contributed by atoms with van der Waals surface area (Å²) in [6.45, 7) is 2.23. The second-order valence-electron chi connectivity index (χ2n) is 3.77. The van der Waals surface area contributed by atoms with E-state index in [1.807, 2.05) is 0 Å². The van der Waals surface area contributed by atoms with E-state index in [4.69, 9.17) is 69.6 Å². The monoisotopic (exact) mass is 401 g/mol. The Morgan fingerprint density at radius 2 is 1.06 bits per heavy atom. The van der Waals surface area contributed by atoms with Gasteiger partial charge in [-0.15, -0.1) is 69.6 Å². The quantitative estimate of drug-likeness (QED) is 0.542. The maximum absolute atomic E-state index is 5.88. The van der Waals surface area contributed by atoms with Gasteiger partial charge in [-0.05, 0) is 0 Å². The normalized spacial score (nSPS) is 40.2. The Hall–Kier alpha value is 2.73. The Balaban J connectivity index is 0. The fourth-order valence-electron chi connectivity index (χ4n) is 1.30. The molecule has 0 saturated heterocycles. The Morgan fingerprint density at radius 3 is 1.11 bits per heavy atom. The van der Waals surface area contributed by atoms with Gasteiger partial charge in [-0.1, -0.05) is 13.0 Å². The van der Waals surface area contributed by atoms with E-state index in [0.29, 0.717) is 0 Å². The van der Waals surface area contributed by atoms with Gasteiger partial charge in [0.15, 0.2) is 0 Å². The Kier molecular flexibility index (Phi) is 15.7. The molecule has 1 N–H and O–H groups in total. The van der Waals surface area contributed by atoms with Gasteiger partial charge in [0.05, 0.1) is 52.3 Å². The average Bonchev–Trinajstić information content (AvgIpc) is 2.33. The molecule has 0 heterocycles. The molecule has 18 heavy (non-hydrogen) atoms. The van der Waals surface area contributed by atoms with Crippen molar-refractivity contribution < 1.29 is 0 Å². The van der Waals surface area contributed by atoms with Crippen molar-refractivity contribution in [2.24, 2.45) is 0 Å². The van der Waals surface area contributed by atoms with Crippen molar-refractivity contribution in [3.8, 4) is 0 Å². The Bertz CT molecular complexity index is 157. The van der Waals surface area contributed by atoms with Gasteiger partial charge in [0.25, 0.3) is 0 Å². The summed E-state index contributed by atoms with van der Waals surface area (Å²) in [5, 5.41) is -2.62. The molecule has 1 aliphatic rings. The summed E-state index contributed by atoms with van der Waals surface area (Å²) in [6.07, 6.45) is 0. The first-order valence-corrected chi connectivity index (χ1v) is 10.7. The molecule has 0 unspecified atom stereocenters. The molecule has 1 aliphatic carbocycles. The second-order valence-corrected chi connectivity index (χ2v) is 11.1. The molecule has 106 valence electrons. The van der Waals surface area contributed by atoms with Crippen LogP contribution in [0.5, 0.6) is 0 Å². The van der Waals surface area contributed by atoms with E-state index < -0.39 is 32.3 Å². The molecular weight excluding hydrogens is 386 g/mol. The molecule has 0 aromatic carbocycles. The molecule has 0 spiro atoms. The van der Waals surface area contributed by atoms with Crippen molar-refractivity contribution in [3.63, 3.8) is 0 Å². The van der Waals surface area contributed by atoms with E-state index in [1.54, 1.807) is 0 Å². The Labute approximate surface area is 157 Å². The van der Waals surface area contributed by atoms with Crippen LogP contribution < -0.4 is 4.65 Å². The van der Waals surface area contributed by atoms with Crippen molar-refractivity contribution in [3.05, 3.63) is 0 Å². The van der Waals surface area contributed by atoms with Gasteiger partial charge < -0.3 is 4.65 Å². The van der Waals surface area contributed by atoms with Gasteiger partial charge in [0, 0.05) is 0 Å². The van der Waals surface area contributed by atoms with Gasteiger partial charge in [-0.3, -0.25) is 0 Å². The molecule has 0 amide bonds. The fourth-order valence-corrected chi connectivity index (χ4v) is 5.63. The first kappa shape index (κ1) is 23.0. The number of halogens is 6. The third-order valence-electron chi connectivity index (χ3n) is 2.33. The number of alkyl halides is 6. The van der Waals surface area contributed by atoms with Crippen molar-refractivity contribution in [2.75, 3.05) is 0 Å². The average molecular weight is 404 g/mol. The summed E-state index contributed by atoms with van der Waals surface area (Å²) < 4.78 is 3.30. The van der Waals surface area contributed by atoms with Crippen molar-refractivity contribution in [2.45, 2.75) is 45.2 Å². The molecular formula is C8H18Cl6LiNSi2. The number of nitrogens with one attached hydrogen (secondary N) is 1. The van der Waals surface area contributed by atoms with E-state index in [-0.39, 0.29) is 28.5 Å². The zero-order valence-electron chi connectivity index (χ0n) is 9.65. The first-order chi connectivity index (χ1) is 7.88. The van der Waals surface area contributed by atoms with Crippen LogP contribution >= 0.6 is 69.6 Å². The molecule has 1 saturated carbocycles. The number of hydrogen-bond acceptors (Lipinski definition) is 1. The summed E-state index contributed by atoms with van der Waals surface area (Å²) in [6, 6.07) is 1.41. The summed E-state index contributed by atoms with van der Waals surface area (Å²) in [5.41, 5.74) is 0. The molecule has 0 atom stereocenters. The number of hydrogen-bond donors (Lipinski definition) is 1. The molecule has 0 radical (unpaired) electrons. The molecule has 1 fully saturated rings. The van der Waals surface area contributed by atoms with Crippen LogP contribution in [0.2, 0.25) is 6.04 Å². The van der Waals surface area contributed by atoms with Crippen LogP contribution in [0.15, 0.2) is 0 Å². The summed E-state index contributed by atoms with van der Waals surface area (Å²) in [4.78, 5) is 0. The third kappa shape index (κ3) is 7.13. The molecule has 0 aromatic rings. The predicted molar refractivity (Wildman–Crippen MR) is 97.1 cm³/mol. The zero-order valence-corrected chi connectivity index (χ0v) is 17.6. The SMILES string of the molecule is CC[SiH2]N[SiH3].Cl[C@H]1[C@H](Cl)[C@@H](Cl)[C@@H](Cl)[C@H](Cl)[C@H]1Cl.[LiH]. The van der Waals surface area contributed by atoms with E-state index in [0.717, 1.165) is 0 Å². The van der Waals surface area contributed by atoms with Gasteiger partial charge in [-0.2, -0.15) is 0 Å². The summed E-state index contributed by atoms with van der Waals surface area (Å²) in [5.74, 6) is 0. The van der Waals surface area contributed by atoms with E-state index in [2.05, 4.69) is 11.6 Å². The van der Waals surface area contributed by atoms with Crippen LogP contribution in [0.1, 0.15) is 6.92 Å². The van der Waals surface area contributed by atoms with Crippen LogP contribution in [0, 0.1) is 0 Å². The number of rotatable bonds is 2. The van der Waals surface area contributed by atoms with Gasteiger partial charge >= 0.3 is 18.9 Å². The van der Waals surface area contributed by atoms with E-state index >= 15 is 0 Å². The van der Waals surface area contributed by atoms with Crippen LogP contribution in [0.25, 0.3) is 0 Å². The van der Waals surface area contributed by atoms with Crippen LogP contribution in [-0.2, 0) is 0 Å². The molecule has 1 rings (SSSR count). The standard InChI is InChI=1S/C6H6Cl6.C2H11NSi2.Li.H/c7-1-2(8)4(10)6(12)5(11)3(1)9;1-2-5-3-4;;/h1-6H;3H,2,5H2,1,4H3;;/t1-,2-,3-,4+,5+,6+;;;. The molecule has 0 bridgehead atoms. The van der Waals surface area contributed by atoms with Crippen molar-refractivity contribution in [1.82, 2.24) is 4.65 Å². The first-order valence-electron chi connectivity index (χ1n) is 5.37. The van der Waals surface area contributed by atoms with Gasteiger partial charge in [0.1, 0.15) is 0 Å². The fraction of sp³-hybridized carbons (Fsp3) is 1.00. The summed E-state index contributed by atoms with van der Waals surface area (Å²) in [7, 11) is 1.45. The predicted octanol–water partition coefficient (Wildman–Crippen LogP) is 1.37. The molecule has 1 nitrogen and oxygen atoms in total. The molecule has 10 heteroatoms. The maximum atomic E-state index is 5.88.